The van der Waals surface area contributed by atoms with Gasteiger partial charge in [0.05, 0.1) is 0 Å². The minimum Gasteiger partial charge on any atom is -0.310 e. The Morgan fingerprint density at radius 2 is 1.55 bits per heavy atom. The molecule has 1 atom stereocenters. The lowest BCUT2D eigenvalue weighted by Gasteiger charge is -2.20. The smallest absolute Gasteiger partial charge is 0.0291 e. The van der Waals surface area contributed by atoms with E-state index in [2.05, 4.69) is 87.6 Å². The van der Waals surface area contributed by atoms with Crippen molar-refractivity contribution in [1.29, 1.82) is 0 Å². The van der Waals surface area contributed by atoms with Crippen LogP contribution in [-0.4, -0.2) is 6.54 Å². The van der Waals surface area contributed by atoms with E-state index in [0.29, 0.717) is 6.04 Å². The van der Waals surface area contributed by atoms with Crippen LogP contribution >= 0.6 is 0 Å². The van der Waals surface area contributed by atoms with E-state index in [0.717, 1.165) is 13.0 Å². The summed E-state index contributed by atoms with van der Waals surface area (Å²) in [5.74, 6) is 0. The lowest BCUT2D eigenvalue weighted by Crippen LogP contribution is -2.20. The molecule has 0 saturated heterocycles. The number of hydrogen-bond donors (Lipinski definition) is 1. The highest BCUT2D eigenvalue weighted by molar-refractivity contribution is 5.29. The molecule has 0 aliphatic heterocycles. The van der Waals surface area contributed by atoms with Gasteiger partial charge < -0.3 is 5.32 Å². The van der Waals surface area contributed by atoms with E-state index in [9.17, 15) is 0 Å². The molecule has 118 valence electrons. The Bertz CT molecular complexity index is 549. The average molecular weight is 295 g/mol. The maximum absolute atomic E-state index is 3.63. The highest BCUT2D eigenvalue weighted by atomic mass is 14.9. The summed E-state index contributed by atoms with van der Waals surface area (Å²) in [6, 6.07) is 20.2. The highest BCUT2D eigenvalue weighted by Crippen LogP contribution is 2.23. The van der Waals surface area contributed by atoms with Gasteiger partial charge in [-0.2, -0.15) is 0 Å². The van der Waals surface area contributed by atoms with Gasteiger partial charge in [-0.05, 0) is 48.4 Å². The molecule has 0 heterocycles. The fourth-order valence-electron chi connectivity index (χ4n) is 2.65. The molecule has 0 bridgehead atoms. The fraction of sp³-hybridized carbons (Fsp3) is 0.429. The van der Waals surface area contributed by atoms with Gasteiger partial charge in [-0.1, -0.05) is 75.4 Å². The summed E-state index contributed by atoms with van der Waals surface area (Å²) in [6.45, 7) is 10.1. The van der Waals surface area contributed by atoms with Crippen LogP contribution in [0.5, 0.6) is 0 Å². The zero-order valence-electron chi connectivity index (χ0n) is 14.4. The molecule has 2 rings (SSSR count). The van der Waals surface area contributed by atoms with Crippen LogP contribution in [0.1, 0.15) is 56.8 Å². The first-order chi connectivity index (χ1) is 10.5. The van der Waals surface area contributed by atoms with E-state index in [1.54, 1.807) is 0 Å². The standard InChI is InChI=1S/C21H29N/c1-17(19-12-14-20(15-13-19)21(2,3)4)22-16-8-11-18-9-6-5-7-10-18/h5-7,9-10,12-15,17,22H,8,11,16H2,1-4H3/t17-/m0/s1. The Morgan fingerprint density at radius 1 is 0.909 bits per heavy atom. The van der Waals surface area contributed by atoms with Crippen LogP contribution in [0.25, 0.3) is 0 Å². The fourth-order valence-corrected chi connectivity index (χ4v) is 2.65. The molecule has 1 heteroatoms. The Morgan fingerprint density at radius 3 is 2.14 bits per heavy atom. The molecule has 0 amide bonds. The molecule has 0 radical (unpaired) electrons. The Kier molecular flexibility index (Phi) is 5.79. The molecule has 0 aromatic heterocycles. The zero-order chi connectivity index (χ0) is 16.0. The van der Waals surface area contributed by atoms with Gasteiger partial charge in [0.15, 0.2) is 0 Å². The first-order valence-electron chi connectivity index (χ1n) is 8.34. The molecule has 0 aliphatic carbocycles. The summed E-state index contributed by atoms with van der Waals surface area (Å²) in [4.78, 5) is 0. The van der Waals surface area contributed by atoms with Crippen LogP contribution in [0.15, 0.2) is 54.6 Å². The van der Waals surface area contributed by atoms with Crippen molar-refractivity contribution in [1.82, 2.24) is 5.32 Å². The minimum absolute atomic E-state index is 0.227. The minimum atomic E-state index is 0.227. The summed E-state index contributed by atoms with van der Waals surface area (Å²) in [5, 5.41) is 3.63. The van der Waals surface area contributed by atoms with Crippen molar-refractivity contribution in [2.24, 2.45) is 0 Å². The van der Waals surface area contributed by atoms with Gasteiger partial charge in [0.25, 0.3) is 0 Å². The van der Waals surface area contributed by atoms with E-state index in [1.165, 1.54) is 23.1 Å². The topological polar surface area (TPSA) is 12.0 Å². The molecular formula is C21H29N. The van der Waals surface area contributed by atoms with Gasteiger partial charge in [0.2, 0.25) is 0 Å². The summed E-state index contributed by atoms with van der Waals surface area (Å²) >= 11 is 0. The zero-order valence-corrected chi connectivity index (χ0v) is 14.4. The second-order valence-electron chi connectivity index (χ2n) is 7.14. The molecule has 1 N–H and O–H groups in total. The third-order valence-electron chi connectivity index (χ3n) is 4.21. The van der Waals surface area contributed by atoms with E-state index in [-0.39, 0.29) is 5.41 Å². The van der Waals surface area contributed by atoms with Crippen molar-refractivity contribution in [2.45, 2.75) is 52.0 Å². The molecule has 22 heavy (non-hydrogen) atoms. The quantitative estimate of drug-likeness (QED) is 0.716. The largest absolute Gasteiger partial charge is 0.310 e. The Labute approximate surface area is 135 Å². The summed E-state index contributed by atoms with van der Waals surface area (Å²) in [6.07, 6.45) is 2.32. The van der Waals surface area contributed by atoms with Crippen molar-refractivity contribution in [3.8, 4) is 0 Å². The monoisotopic (exact) mass is 295 g/mol. The van der Waals surface area contributed by atoms with Crippen molar-refractivity contribution < 1.29 is 0 Å². The first-order valence-corrected chi connectivity index (χ1v) is 8.34. The van der Waals surface area contributed by atoms with Crippen LogP contribution in [0.4, 0.5) is 0 Å². The normalized spacial score (nSPS) is 13.1. The lowest BCUT2D eigenvalue weighted by atomic mass is 9.86. The van der Waals surface area contributed by atoms with Gasteiger partial charge >= 0.3 is 0 Å². The van der Waals surface area contributed by atoms with Gasteiger partial charge in [-0.25, -0.2) is 0 Å². The Hall–Kier alpha value is -1.60. The molecule has 0 spiro atoms. The number of hydrogen-bond acceptors (Lipinski definition) is 1. The molecular weight excluding hydrogens is 266 g/mol. The number of nitrogens with one attached hydrogen (secondary N) is 1. The predicted molar refractivity (Wildman–Crippen MR) is 96.3 cm³/mol. The van der Waals surface area contributed by atoms with Gasteiger partial charge in [-0.15, -0.1) is 0 Å². The van der Waals surface area contributed by atoms with Crippen molar-refractivity contribution in [2.75, 3.05) is 6.54 Å². The third kappa shape index (κ3) is 4.99. The molecule has 0 aliphatic rings. The van der Waals surface area contributed by atoms with E-state index in [1.807, 2.05) is 0 Å². The molecule has 0 unspecified atom stereocenters. The second kappa shape index (κ2) is 7.60. The van der Waals surface area contributed by atoms with Crippen LogP contribution in [-0.2, 0) is 11.8 Å². The molecule has 2 aromatic rings. The number of benzene rings is 2. The van der Waals surface area contributed by atoms with Gasteiger partial charge in [0.1, 0.15) is 0 Å². The lowest BCUT2D eigenvalue weighted by molar-refractivity contribution is 0.556. The summed E-state index contributed by atoms with van der Waals surface area (Å²) in [5.41, 5.74) is 4.41. The maximum Gasteiger partial charge on any atom is 0.0291 e. The third-order valence-corrected chi connectivity index (χ3v) is 4.21. The van der Waals surface area contributed by atoms with E-state index >= 15 is 0 Å². The van der Waals surface area contributed by atoms with Crippen LogP contribution in [0.2, 0.25) is 0 Å². The van der Waals surface area contributed by atoms with Gasteiger partial charge in [0, 0.05) is 6.04 Å². The van der Waals surface area contributed by atoms with Crippen LogP contribution in [0, 0.1) is 0 Å². The number of aryl methyl sites for hydroxylation is 1. The predicted octanol–water partition coefficient (Wildman–Crippen LogP) is 5.27. The maximum atomic E-state index is 3.63. The van der Waals surface area contributed by atoms with Crippen LogP contribution in [0.3, 0.4) is 0 Å². The first kappa shape index (κ1) is 16.8. The number of rotatable bonds is 6. The summed E-state index contributed by atoms with van der Waals surface area (Å²) in [7, 11) is 0. The van der Waals surface area contributed by atoms with Crippen molar-refractivity contribution in [3.63, 3.8) is 0 Å². The molecule has 0 saturated carbocycles. The van der Waals surface area contributed by atoms with E-state index in [4.69, 9.17) is 0 Å². The van der Waals surface area contributed by atoms with Gasteiger partial charge in [-0.3, -0.25) is 0 Å². The highest BCUT2D eigenvalue weighted by Gasteiger charge is 2.13. The van der Waals surface area contributed by atoms with Crippen molar-refractivity contribution in [3.05, 3.63) is 71.3 Å². The van der Waals surface area contributed by atoms with Crippen molar-refractivity contribution >= 4 is 0 Å². The summed E-state index contributed by atoms with van der Waals surface area (Å²) < 4.78 is 0. The molecule has 1 nitrogen and oxygen atoms in total. The molecule has 0 fully saturated rings. The SMILES string of the molecule is C[C@H](NCCCc1ccccc1)c1ccc(C(C)(C)C)cc1. The Balaban J connectivity index is 1.78. The molecule has 2 aromatic carbocycles. The van der Waals surface area contributed by atoms with E-state index < -0.39 is 0 Å². The van der Waals surface area contributed by atoms with Crippen LogP contribution < -0.4 is 5.32 Å². The average Bonchev–Trinajstić information content (AvgIpc) is 2.52. The second-order valence-corrected chi connectivity index (χ2v) is 7.14.